The van der Waals surface area contributed by atoms with Gasteiger partial charge in [0.2, 0.25) is 0 Å². The first-order chi connectivity index (χ1) is 13.6. The molecule has 3 aromatic carbocycles. The summed E-state index contributed by atoms with van der Waals surface area (Å²) >= 11 is 0. The topological polar surface area (TPSA) is 33.0 Å². The van der Waals surface area contributed by atoms with E-state index in [1.165, 1.54) is 0 Å². The number of allylic oxidation sites excluding steroid dienone is 1. The van der Waals surface area contributed by atoms with E-state index in [2.05, 4.69) is 43.8 Å². The number of hydrogen-bond donors (Lipinski definition) is 0. The highest BCUT2D eigenvalue weighted by Crippen LogP contribution is 2.51. The number of hydrogen-bond acceptors (Lipinski definition) is 2. The summed E-state index contributed by atoms with van der Waals surface area (Å²) in [6, 6.07) is 31.1. The molecule has 3 aromatic rings. The van der Waals surface area contributed by atoms with Crippen molar-refractivity contribution in [3.63, 3.8) is 0 Å². The van der Waals surface area contributed by atoms with Crippen LogP contribution in [0.4, 0.5) is 0 Å². The minimum Gasteiger partial charge on any atom is -0.497 e. The van der Waals surface area contributed by atoms with Crippen LogP contribution in [0.2, 0.25) is 0 Å². The first kappa shape index (κ1) is 19.5. The molecule has 0 amide bonds. The standard InChI is InChI=1S/C26H25NO/c1-4-19-26(20-27,23-15-17-24(28-3)18-16-23)25(2,21-11-7-5-8-12-21)22-13-9-6-10-14-22/h4-18H,1,19H2,2-3H3. The Hall–Kier alpha value is -3.31. The molecule has 0 aliphatic carbocycles. The molecule has 0 bridgehead atoms. The van der Waals surface area contributed by atoms with E-state index in [1.54, 1.807) is 7.11 Å². The lowest BCUT2D eigenvalue weighted by molar-refractivity contribution is 0.354. The zero-order chi connectivity index (χ0) is 20.0. The van der Waals surface area contributed by atoms with Crippen molar-refractivity contribution in [3.05, 3.63) is 114 Å². The SMILES string of the molecule is C=CCC(C#N)(c1ccc(OC)cc1)C(C)(c1ccccc1)c1ccccc1. The maximum Gasteiger partial charge on any atom is 0.118 e. The number of nitriles is 1. The van der Waals surface area contributed by atoms with E-state index >= 15 is 0 Å². The molecule has 1 unspecified atom stereocenters. The molecule has 3 rings (SSSR count). The van der Waals surface area contributed by atoms with Gasteiger partial charge >= 0.3 is 0 Å². The molecule has 0 radical (unpaired) electrons. The zero-order valence-corrected chi connectivity index (χ0v) is 16.4. The molecule has 140 valence electrons. The van der Waals surface area contributed by atoms with Crippen LogP contribution in [0.25, 0.3) is 0 Å². The van der Waals surface area contributed by atoms with Gasteiger partial charge in [-0.1, -0.05) is 78.9 Å². The van der Waals surface area contributed by atoms with Gasteiger partial charge in [0.15, 0.2) is 0 Å². The second-order valence-electron chi connectivity index (χ2n) is 7.10. The van der Waals surface area contributed by atoms with E-state index < -0.39 is 10.8 Å². The highest BCUT2D eigenvalue weighted by molar-refractivity contribution is 5.53. The minimum absolute atomic E-state index is 0.524. The van der Waals surface area contributed by atoms with Crippen LogP contribution < -0.4 is 4.74 Å². The van der Waals surface area contributed by atoms with Crippen molar-refractivity contribution < 1.29 is 4.74 Å². The predicted octanol–water partition coefficient (Wildman–Crippen LogP) is 6.04. The maximum atomic E-state index is 10.6. The third-order valence-corrected chi connectivity index (χ3v) is 5.78. The van der Waals surface area contributed by atoms with Crippen molar-refractivity contribution in [2.24, 2.45) is 0 Å². The Morgan fingerprint density at radius 3 is 1.75 bits per heavy atom. The monoisotopic (exact) mass is 367 g/mol. The van der Waals surface area contributed by atoms with Crippen molar-refractivity contribution >= 4 is 0 Å². The molecular formula is C26H25NO. The van der Waals surface area contributed by atoms with E-state index in [9.17, 15) is 5.26 Å². The normalized spacial score (nSPS) is 13.2. The van der Waals surface area contributed by atoms with Crippen LogP contribution >= 0.6 is 0 Å². The summed E-state index contributed by atoms with van der Waals surface area (Å²) in [6.45, 7) is 6.14. The maximum absolute atomic E-state index is 10.6. The fourth-order valence-electron chi connectivity index (χ4n) is 4.13. The molecule has 0 spiro atoms. The minimum atomic E-state index is -0.830. The first-order valence-corrected chi connectivity index (χ1v) is 9.40. The third kappa shape index (κ3) is 3.10. The first-order valence-electron chi connectivity index (χ1n) is 9.40. The molecule has 0 saturated carbocycles. The molecule has 2 heteroatoms. The van der Waals surface area contributed by atoms with E-state index in [0.717, 1.165) is 22.4 Å². The second-order valence-corrected chi connectivity index (χ2v) is 7.10. The molecule has 0 aliphatic rings. The summed E-state index contributed by atoms with van der Waals surface area (Å²) in [7, 11) is 1.65. The molecule has 0 N–H and O–H groups in total. The average molecular weight is 367 g/mol. The van der Waals surface area contributed by atoms with Gasteiger partial charge in [-0.3, -0.25) is 0 Å². The molecule has 0 aliphatic heterocycles. The summed E-state index contributed by atoms with van der Waals surface area (Å²) in [6.07, 6.45) is 2.37. The molecule has 2 nitrogen and oxygen atoms in total. The number of rotatable bonds is 7. The molecule has 0 aromatic heterocycles. The molecule has 1 atom stereocenters. The molecule has 28 heavy (non-hydrogen) atoms. The van der Waals surface area contributed by atoms with Crippen molar-refractivity contribution in [1.82, 2.24) is 0 Å². The molecule has 0 saturated heterocycles. The Morgan fingerprint density at radius 2 is 1.36 bits per heavy atom. The Balaban J connectivity index is 2.35. The Morgan fingerprint density at radius 1 is 0.857 bits per heavy atom. The van der Waals surface area contributed by atoms with Crippen LogP contribution in [0.3, 0.4) is 0 Å². The van der Waals surface area contributed by atoms with E-state index in [4.69, 9.17) is 4.74 Å². The number of ether oxygens (including phenoxy) is 1. The second kappa shape index (κ2) is 8.15. The molecular weight excluding hydrogens is 342 g/mol. The predicted molar refractivity (Wildman–Crippen MR) is 114 cm³/mol. The van der Waals surface area contributed by atoms with Crippen LogP contribution in [-0.4, -0.2) is 7.11 Å². The number of nitrogens with zero attached hydrogens (tertiary/aromatic N) is 1. The van der Waals surface area contributed by atoms with Gasteiger partial charge in [0, 0.05) is 5.41 Å². The average Bonchev–Trinajstić information content (AvgIpc) is 2.78. The van der Waals surface area contributed by atoms with Gasteiger partial charge in [-0.2, -0.15) is 5.26 Å². The molecule has 0 heterocycles. The number of methoxy groups -OCH3 is 1. The highest BCUT2D eigenvalue weighted by atomic mass is 16.5. The fourth-order valence-corrected chi connectivity index (χ4v) is 4.13. The van der Waals surface area contributed by atoms with Crippen molar-refractivity contribution in [3.8, 4) is 11.8 Å². The Bertz CT molecular complexity index is 915. The summed E-state index contributed by atoms with van der Waals surface area (Å²) in [5.41, 5.74) is 1.74. The van der Waals surface area contributed by atoms with Gasteiger partial charge in [0.1, 0.15) is 5.75 Å². The van der Waals surface area contributed by atoms with Crippen molar-refractivity contribution in [2.45, 2.75) is 24.2 Å². The van der Waals surface area contributed by atoms with Crippen LogP contribution in [0.5, 0.6) is 5.75 Å². The van der Waals surface area contributed by atoms with Gasteiger partial charge in [-0.25, -0.2) is 0 Å². The van der Waals surface area contributed by atoms with Gasteiger partial charge in [0.05, 0.1) is 18.6 Å². The summed E-state index contributed by atoms with van der Waals surface area (Å²) in [5, 5.41) is 10.6. The lowest BCUT2D eigenvalue weighted by Gasteiger charge is -2.45. The quantitative estimate of drug-likeness (QED) is 0.477. The summed E-state index contributed by atoms with van der Waals surface area (Å²) in [5.74, 6) is 0.773. The van der Waals surface area contributed by atoms with Crippen LogP contribution in [0.15, 0.2) is 97.6 Å². The van der Waals surface area contributed by atoms with Gasteiger partial charge in [-0.15, -0.1) is 6.58 Å². The Labute approximate surface area is 167 Å². The fraction of sp³-hybridized carbons (Fsp3) is 0.192. The van der Waals surface area contributed by atoms with Gasteiger partial charge < -0.3 is 4.74 Å². The highest BCUT2D eigenvalue weighted by Gasteiger charge is 2.51. The van der Waals surface area contributed by atoms with E-state index in [-0.39, 0.29) is 0 Å². The third-order valence-electron chi connectivity index (χ3n) is 5.78. The van der Waals surface area contributed by atoms with E-state index in [1.807, 2.05) is 66.7 Å². The van der Waals surface area contributed by atoms with Crippen molar-refractivity contribution in [2.75, 3.05) is 7.11 Å². The Kier molecular flexibility index (Phi) is 5.66. The largest absolute Gasteiger partial charge is 0.497 e. The van der Waals surface area contributed by atoms with Gasteiger partial charge in [0.25, 0.3) is 0 Å². The van der Waals surface area contributed by atoms with Crippen LogP contribution in [-0.2, 0) is 10.8 Å². The van der Waals surface area contributed by atoms with E-state index in [0.29, 0.717) is 6.42 Å². The lowest BCUT2D eigenvalue weighted by Crippen LogP contribution is -2.47. The van der Waals surface area contributed by atoms with Crippen molar-refractivity contribution in [1.29, 1.82) is 5.26 Å². The summed E-state index contributed by atoms with van der Waals surface area (Å²) in [4.78, 5) is 0. The zero-order valence-electron chi connectivity index (χ0n) is 16.4. The summed E-state index contributed by atoms with van der Waals surface area (Å²) < 4.78 is 5.33. The van der Waals surface area contributed by atoms with Crippen LogP contribution in [0.1, 0.15) is 30.0 Å². The smallest absolute Gasteiger partial charge is 0.118 e. The number of benzene rings is 3. The lowest BCUT2D eigenvalue weighted by atomic mass is 9.54. The van der Waals surface area contributed by atoms with Gasteiger partial charge in [-0.05, 0) is 42.2 Å². The molecule has 0 fully saturated rings. The van der Waals surface area contributed by atoms with Crippen LogP contribution in [0, 0.1) is 11.3 Å².